The first-order chi connectivity index (χ1) is 11.7. The van der Waals surface area contributed by atoms with Crippen LogP contribution in [0.3, 0.4) is 0 Å². The van der Waals surface area contributed by atoms with Crippen molar-refractivity contribution >= 4 is 17.8 Å². The van der Waals surface area contributed by atoms with Gasteiger partial charge in [-0.2, -0.15) is 0 Å². The molecule has 1 nitrogen and oxygen atoms in total. The van der Waals surface area contributed by atoms with Crippen LogP contribution in [-0.4, -0.2) is 13.1 Å². The van der Waals surface area contributed by atoms with Crippen LogP contribution >= 0.6 is 0 Å². The number of aryl methyl sites for hydroxylation is 1. The van der Waals surface area contributed by atoms with Gasteiger partial charge in [-0.1, -0.05) is 80.8 Å². The highest BCUT2D eigenvalue weighted by atomic mass is 15.1. The lowest BCUT2D eigenvalue weighted by atomic mass is 10.1. The zero-order chi connectivity index (χ0) is 17.2. The van der Waals surface area contributed by atoms with Crippen molar-refractivity contribution in [2.75, 3.05) is 18.0 Å². The molecule has 0 amide bonds. The van der Waals surface area contributed by atoms with E-state index in [0.29, 0.717) is 0 Å². The SMILES string of the molecule is CCCCN(CCCC)c1ccc(C=Cc2ccc(C)cc2)cc1. The van der Waals surface area contributed by atoms with Gasteiger partial charge in [0.05, 0.1) is 0 Å². The van der Waals surface area contributed by atoms with Gasteiger partial charge in [-0.15, -0.1) is 0 Å². The normalized spacial score (nSPS) is 11.1. The summed E-state index contributed by atoms with van der Waals surface area (Å²) in [7, 11) is 0. The maximum Gasteiger partial charge on any atom is 0.0366 e. The third-order valence-corrected chi connectivity index (χ3v) is 4.37. The van der Waals surface area contributed by atoms with Gasteiger partial charge in [-0.3, -0.25) is 0 Å². The Labute approximate surface area is 148 Å². The van der Waals surface area contributed by atoms with Crippen LogP contribution in [0.25, 0.3) is 12.2 Å². The number of hydrogen-bond donors (Lipinski definition) is 0. The van der Waals surface area contributed by atoms with Crippen molar-refractivity contribution in [2.45, 2.75) is 46.5 Å². The molecule has 0 saturated heterocycles. The van der Waals surface area contributed by atoms with E-state index in [1.165, 1.54) is 48.1 Å². The molecule has 0 aromatic heterocycles. The fraction of sp³-hybridized carbons (Fsp3) is 0.391. The van der Waals surface area contributed by atoms with Crippen LogP contribution in [0.5, 0.6) is 0 Å². The zero-order valence-electron chi connectivity index (χ0n) is 15.5. The number of unbranched alkanes of at least 4 members (excludes halogenated alkanes) is 2. The summed E-state index contributed by atoms with van der Waals surface area (Å²) in [5, 5.41) is 0. The lowest BCUT2D eigenvalue weighted by Gasteiger charge is -2.24. The number of anilines is 1. The van der Waals surface area contributed by atoms with Gasteiger partial charge >= 0.3 is 0 Å². The average molecular weight is 322 g/mol. The first-order valence-corrected chi connectivity index (χ1v) is 9.32. The minimum absolute atomic E-state index is 1.16. The Morgan fingerprint density at radius 2 is 1.17 bits per heavy atom. The summed E-state index contributed by atoms with van der Waals surface area (Å²) in [6.45, 7) is 8.97. The van der Waals surface area contributed by atoms with Crippen LogP contribution in [0, 0.1) is 6.92 Å². The summed E-state index contributed by atoms with van der Waals surface area (Å²) < 4.78 is 0. The van der Waals surface area contributed by atoms with E-state index in [0.717, 1.165) is 13.1 Å². The Morgan fingerprint density at radius 1 is 0.708 bits per heavy atom. The molecule has 1 heteroatoms. The molecule has 0 saturated carbocycles. The van der Waals surface area contributed by atoms with E-state index < -0.39 is 0 Å². The van der Waals surface area contributed by atoms with E-state index >= 15 is 0 Å². The van der Waals surface area contributed by atoms with E-state index in [9.17, 15) is 0 Å². The molecule has 0 fully saturated rings. The number of nitrogens with zero attached hydrogens (tertiary/aromatic N) is 1. The second-order valence-electron chi connectivity index (χ2n) is 6.53. The molecular weight excluding hydrogens is 290 g/mol. The van der Waals surface area contributed by atoms with Gasteiger partial charge in [0.15, 0.2) is 0 Å². The molecule has 0 radical (unpaired) electrons. The van der Waals surface area contributed by atoms with Gasteiger partial charge < -0.3 is 4.90 Å². The summed E-state index contributed by atoms with van der Waals surface area (Å²) in [4.78, 5) is 2.53. The monoisotopic (exact) mass is 321 g/mol. The average Bonchev–Trinajstić information content (AvgIpc) is 2.62. The van der Waals surface area contributed by atoms with Crippen molar-refractivity contribution in [3.05, 3.63) is 65.2 Å². The highest BCUT2D eigenvalue weighted by Gasteiger charge is 2.05. The number of rotatable bonds is 9. The standard InChI is InChI=1S/C23H31N/c1-4-6-18-24(19-7-5-2)23-16-14-22(15-17-23)13-12-21-10-8-20(3)9-11-21/h8-17H,4-7,18-19H2,1-3H3. The second-order valence-corrected chi connectivity index (χ2v) is 6.53. The molecule has 2 aromatic rings. The van der Waals surface area contributed by atoms with E-state index in [1.54, 1.807) is 0 Å². The molecule has 0 aliphatic carbocycles. The van der Waals surface area contributed by atoms with Gasteiger partial charge in [-0.25, -0.2) is 0 Å². The van der Waals surface area contributed by atoms with E-state index in [-0.39, 0.29) is 0 Å². The maximum absolute atomic E-state index is 2.53. The topological polar surface area (TPSA) is 3.24 Å². The lowest BCUT2D eigenvalue weighted by Crippen LogP contribution is -2.25. The molecule has 0 aliphatic heterocycles. The lowest BCUT2D eigenvalue weighted by molar-refractivity contribution is 0.678. The Kier molecular flexibility index (Phi) is 7.61. The third kappa shape index (κ3) is 5.88. The third-order valence-electron chi connectivity index (χ3n) is 4.37. The Hall–Kier alpha value is -2.02. The highest BCUT2D eigenvalue weighted by Crippen LogP contribution is 2.18. The molecular formula is C23H31N. The Balaban J connectivity index is 2.03. The largest absolute Gasteiger partial charge is 0.372 e. The fourth-order valence-corrected chi connectivity index (χ4v) is 2.73. The van der Waals surface area contributed by atoms with E-state index in [4.69, 9.17) is 0 Å². The molecule has 2 aromatic carbocycles. The maximum atomic E-state index is 2.53. The minimum Gasteiger partial charge on any atom is -0.372 e. The molecule has 0 heterocycles. The smallest absolute Gasteiger partial charge is 0.0366 e. The zero-order valence-corrected chi connectivity index (χ0v) is 15.5. The van der Waals surface area contributed by atoms with Gasteiger partial charge in [0.2, 0.25) is 0 Å². The molecule has 0 spiro atoms. The molecule has 0 N–H and O–H groups in total. The Morgan fingerprint density at radius 3 is 1.62 bits per heavy atom. The van der Waals surface area contributed by atoms with Crippen molar-refractivity contribution in [1.29, 1.82) is 0 Å². The van der Waals surface area contributed by atoms with Gasteiger partial charge in [-0.05, 0) is 43.0 Å². The molecule has 0 aliphatic rings. The van der Waals surface area contributed by atoms with Crippen LogP contribution in [-0.2, 0) is 0 Å². The van der Waals surface area contributed by atoms with Crippen molar-refractivity contribution in [1.82, 2.24) is 0 Å². The first-order valence-electron chi connectivity index (χ1n) is 9.32. The first kappa shape index (κ1) is 18.3. The second kappa shape index (κ2) is 9.97. The van der Waals surface area contributed by atoms with Gasteiger partial charge in [0.25, 0.3) is 0 Å². The molecule has 0 bridgehead atoms. The summed E-state index contributed by atoms with van der Waals surface area (Å²) >= 11 is 0. The van der Waals surface area contributed by atoms with Crippen LogP contribution < -0.4 is 4.90 Å². The molecule has 0 unspecified atom stereocenters. The van der Waals surface area contributed by atoms with Crippen LogP contribution in [0.15, 0.2) is 48.5 Å². The minimum atomic E-state index is 1.16. The van der Waals surface area contributed by atoms with Crippen LogP contribution in [0.1, 0.15) is 56.2 Å². The summed E-state index contributed by atoms with van der Waals surface area (Å²) in [6, 6.07) is 17.6. The molecule has 128 valence electrons. The number of hydrogen-bond acceptors (Lipinski definition) is 1. The molecule has 0 atom stereocenters. The van der Waals surface area contributed by atoms with E-state index in [2.05, 4.69) is 86.4 Å². The van der Waals surface area contributed by atoms with Crippen molar-refractivity contribution in [2.24, 2.45) is 0 Å². The van der Waals surface area contributed by atoms with Crippen molar-refractivity contribution in [3.63, 3.8) is 0 Å². The Bertz CT molecular complexity index is 599. The van der Waals surface area contributed by atoms with Crippen molar-refractivity contribution in [3.8, 4) is 0 Å². The predicted molar refractivity (Wildman–Crippen MR) is 109 cm³/mol. The van der Waals surface area contributed by atoms with Gasteiger partial charge in [0, 0.05) is 18.8 Å². The van der Waals surface area contributed by atoms with Gasteiger partial charge in [0.1, 0.15) is 0 Å². The predicted octanol–water partition coefficient (Wildman–Crippen LogP) is 6.57. The highest BCUT2D eigenvalue weighted by molar-refractivity contribution is 5.70. The summed E-state index contributed by atoms with van der Waals surface area (Å²) in [5.74, 6) is 0. The summed E-state index contributed by atoms with van der Waals surface area (Å²) in [6.07, 6.45) is 9.40. The van der Waals surface area contributed by atoms with Crippen LogP contribution in [0.4, 0.5) is 5.69 Å². The quantitative estimate of drug-likeness (QED) is 0.472. The number of benzene rings is 2. The van der Waals surface area contributed by atoms with Crippen LogP contribution in [0.2, 0.25) is 0 Å². The summed E-state index contributed by atoms with van der Waals surface area (Å²) in [5.41, 5.74) is 5.16. The van der Waals surface area contributed by atoms with Crippen molar-refractivity contribution < 1.29 is 0 Å². The van der Waals surface area contributed by atoms with E-state index in [1.807, 2.05) is 0 Å². The fourth-order valence-electron chi connectivity index (χ4n) is 2.73. The molecule has 24 heavy (non-hydrogen) atoms. The molecule has 2 rings (SSSR count).